The van der Waals surface area contributed by atoms with Gasteiger partial charge in [0.2, 0.25) is 3.79 Å². The first-order valence-corrected chi connectivity index (χ1v) is 9.35. The van der Waals surface area contributed by atoms with E-state index >= 15 is 0 Å². The van der Waals surface area contributed by atoms with Crippen LogP contribution in [0.2, 0.25) is 0 Å². The van der Waals surface area contributed by atoms with Gasteiger partial charge >= 0.3 is 0 Å². The second kappa shape index (κ2) is 8.13. The molecule has 0 aliphatic rings. The van der Waals surface area contributed by atoms with Crippen LogP contribution in [-0.4, -0.2) is 15.9 Å². The van der Waals surface area contributed by atoms with Gasteiger partial charge in [0.1, 0.15) is 6.17 Å². The van der Waals surface area contributed by atoms with Gasteiger partial charge in [-0.05, 0) is 60.2 Å². The summed E-state index contributed by atoms with van der Waals surface area (Å²) in [5.41, 5.74) is 3.45. The number of hydrogen-bond donors (Lipinski definition) is 2. The summed E-state index contributed by atoms with van der Waals surface area (Å²) in [5.74, 6) is -0.311. The predicted octanol–water partition coefficient (Wildman–Crippen LogP) is 5.45. The highest BCUT2D eigenvalue weighted by molar-refractivity contribution is 14.1. The third kappa shape index (κ3) is 5.15. The monoisotopic (exact) mass is 496 g/mol. The fraction of sp³-hybridized carbons (Fsp3) is 0.235. The number of hydrogen-bond acceptors (Lipinski definition) is 2. The lowest BCUT2D eigenvalue weighted by Gasteiger charge is -2.28. The zero-order valence-corrected chi connectivity index (χ0v) is 17.5. The Labute approximate surface area is 170 Å². The second-order valence-electron chi connectivity index (χ2n) is 5.39. The van der Waals surface area contributed by atoms with Crippen LogP contribution < -0.4 is 10.6 Å². The number of anilines is 1. The van der Waals surface area contributed by atoms with Gasteiger partial charge in [0.15, 0.2) is 0 Å². The number of amides is 1. The van der Waals surface area contributed by atoms with Crippen molar-refractivity contribution < 1.29 is 4.79 Å². The molecule has 2 rings (SSSR count). The van der Waals surface area contributed by atoms with Gasteiger partial charge in [-0.25, -0.2) is 0 Å². The van der Waals surface area contributed by atoms with E-state index in [2.05, 4.69) is 33.2 Å². The number of benzene rings is 2. The molecule has 0 saturated heterocycles. The minimum absolute atomic E-state index is 0.311. The van der Waals surface area contributed by atoms with Crippen molar-refractivity contribution >= 4 is 69.0 Å². The third-order valence-corrected chi connectivity index (χ3v) is 5.00. The van der Waals surface area contributed by atoms with Gasteiger partial charge in [0.25, 0.3) is 5.91 Å². The van der Waals surface area contributed by atoms with Crippen molar-refractivity contribution in [3.63, 3.8) is 0 Å². The topological polar surface area (TPSA) is 41.1 Å². The summed E-state index contributed by atoms with van der Waals surface area (Å²) in [6.45, 7) is 3.95. The van der Waals surface area contributed by atoms with Crippen LogP contribution in [0, 0.1) is 17.4 Å². The molecule has 0 fully saturated rings. The number of aryl methyl sites for hydroxylation is 2. The lowest BCUT2D eigenvalue weighted by atomic mass is 10.1. The predicted molar refractivity (Wildman–Crippen MR) is 110 cm³/mol. The minimum Gasteiger partial charge on any atom is -0.362 e. The van der Waals surface area contributed by atoms with Gasteiger partial charge in [-0.3, -0.25) is 4.79 Å². The number of halogens is 4. The summed E-state index contributed by atoms with van der Waals surface area (Å²) < 4.78 is -0.894. The van der Waals surface area contributed by atoms with E-state index in [1.807, 2.05) is 44.2 Å². The van der Waals surface area contributed by atoms with Crippen molar-refractivity contribution in [1.82, 2.24) is 5.32 Å². The van der Waals surface area contributed by atoms with Crippen LogP contribution in [0.1, 0.15) is 21.5 Å². The van der Waals surface area contributed by atoms with Gasteiger partial charge < -0.3 is 10.6 Å². The van der Waals surface area contributed by atoms with E-state index in [1.165, 1.54) is 0 Å². The zero-order chi connectivity index (χ0) is 17.9. The molecule has 1 amide bonds. The Kier molecular flexibility index (Phi) is 6.65. The SMILES string of the molecule is Cc1ccc(N[C@H](NC(=O)c2ccccc2I)C(Cl)(Cl)Cl)c(C)c1. The summed E-state index contributed by atoms with van der Waals surface area (Å²) >= 11 is 20.3. The van der Waals surface area contributed by atoms with Gasteiger partial charge in [-0.1, -0.05) is 64.6 Å². The minimum atomic E-state index is -1.72. The molecule has 0 spiro atoms. The fourth-order valence-corrected chi connectivity index (χ4v) is 3.14. The van der Waals surface area contributed by atoms with Crippen LogP contribution in [0.5, 0.6) is 0 Å². The first-order valence-electron chi connectivity index (χ1n) is 7.14. The zero-order valence-electron chi connectivity index (χ0n) is 13.0. The molecule has 7 heteroatoms. The van der Waals surface area contributed by atoms with E-state index < -0.39 is 9.96 Å². The number of nitrogens with one attached hydrogen (secondary N) is 2. The standard InChI is InChI=1S/C17H16Cl3IN2O/c1-10-7-8-14(11(2)9-10)22-16(17(18,19)20)23-15(24)12-5-3-4-6-13(12)21/h3-9,16,22H,1-2H3,(H,23,24)/t16-/m1/s1. The Hall–Kier alpha value is -0.690. The van der Waals surface area contributed by atoms with Crippen LogP contribution >= 0.6 is 57.4 Å². The Balaban J connectivity index is 2.23. The van der Waals surface area contributed by atoms with Crippen molar-refractivity contribution in [1.29, 1.82) is 0 Å². The van der Waals surface area contributed by atoms with E-state index in [0.717, 1.165) is 20.4 Å². The quantitative estimate of drug-likeness (QED) is 0.335. The summed E-state index contributed by atoms with van der Waals surface area (Å²) in [6, 6.07) is 13.1. The maximum Gasteiger partial charge on any atom is 0.254 e. The van der Waals surface area contributed by atoms with Crippen molar-refractivity contribution in [2.24, 2.45) is 0 Å². The number of carbonyl (C=O) groups is 1. The van der Waals surface area contributed by atoms with E-state index in [-0.39, 0.29) is 5.91 Å². The van der Waals surface area contributed by atoms with E-state index in [4.69, 9.17) is 34.8 Å². The highest BCUT2D eigenvalue weighted by Crippen LogP contribution is 2.32. The molecule has 128 valence electrons. The lowest BCUT2D eigenvalue weighted by Crippen LogP contribution is -2.49. The highest BCUT2D eigenvalue weighted by Gasteiger charge is 2.34. The molecule has 0 heterocycles. The van der Waals surface area contributed by atoms with E-state index in [1.54, 1.807) is 12.1 Å². The van der Waals surface area contributed by atoms with Crippen molar-refractivity contribution in [2.75, 3.05) is 5.32 Å². The molecule has 0 saturated carbocycles. The van der Waals surface area contributed by atoms with Crippen molar-refractivity contribution in [3.8, 4) is 0 Å². The van der Waals surface area contributed by atoms with Crippen LogP contribution in [0.3, 0.4) is 0 Å². The molecule has 2 N–H and O–H groups in total. The Bertz CT molecular complexity index is 747. The molecule has 0 aromatic heterocycles. The molecule has 1 atom stereocenters. The molecule has 0 aliphatic carbocycles. The molecule has 3 nitrogen and oxygen atoms in total. The molecule has 0 unspecified atom stereocenters. The smallest absolute Gasteiger partial charge is 0.254 e. The third-order valence-electron chi connectivity index (χ3n) is 3.40. The largest absolute Gasteiger partial charge is 0.362 e. The van der Waals surface area contributed by atoms with Crippen LogP contribution in [-0.2, 0) is 0 Å². The van der Waals surface area contributed by atoms with Crippen molar-refractivity contribution in [3.05, 3.63) is 62.7 Å². The molecule has 24 heavy (non-hydrogen) atoms. The summed E-state index contributed by atoms with van der Waals surface area (Å²) in [7, 11) is 0. The van der Waals surface area contributed by atoms with Crippen LogP contribution in [0.4, 0.5) is 5.69 Å². The van der Waals surface area contributed by atoms with Gasteiger partial charge in [-0.15, -0.1) is 0 Å². The van der Waals surface area contributed by atoms with E-state index in [9.17, 15) is 4.79 Å². The first kappa shape index (κ1) is 19.6. The van der Waals surface area contributed by atoms with Crippen LogP contribution in [0.15, 0.2) is 42.5 Å². The fourth-order valence-electron chi connectivity index (χ4n) is 2.18. The molecule has 0 radical (unpaired) electrons. The molecule has 0 aliphatic heterocycles. The summed E-state index contributed by atoms with van der Waals surface area (Å²) in [5, 5.41) is 5.86. The molecule has 0 bridgehead atoms. The Morgan fingerprint density at radius 2 is 1.79 bits per heavy atom. The normalized spacial score (nSPS) is 12.6. The average Bonchev–Trinajstić information content (AvgIpc) is 2.48. The first-order chi connectivity index (χ1) is 11.2. The molecular weight excluding hydrogens is 481 g/mol. The summed E-state index contributed by atoms with van der Waals surface area (Å²) in [6.07, 6.45) is -0.882. The average molecular weight is 498 g/mol. The Morgan fingerprint density at radius 1 is 1.12 bits per heavy atom. The maximum atomic E-state index is 12.5. The van der Waals surface area contributed by atoms with Gasteiger partial charge in [0, 0.05) is 9.26 Å². The summed E-state index contributed by atoms with van der Waals surface area (Å²) in [4.78, 5) is 12.5. The van der Waals surface area contributed by atoms with Gasteiger partial charge in [-0.2, -0.15) is 0 Å². The van der Waals surface area contributed by atoms with Gasteiger partial charge in [0.05, 0.1) is 5.56 Å². The molecule has 2 aromatic rings. The number of rotatable bonds is 4. The molecular formula is C17H16Cl3IN2O. The second-order valence-corrected chi connectivity index (χ2v) is 8.92. The lowest BCUT2D eigenvalue weighted by molar-refractivity contribution is 0.0941. The van der Waals surface area contributed by atoms with E-state index in [0.29, 0.717) is 5.56 Å². The molecule has 2 aromatic carbocycles. The van der Waals surface area contributed by atoms with Crippen molar-refractivity contribution in [2.45, 2.75) is 23.8 Å². The Morgan fingerprint density at radius 3 is 2.38 bits per heavy atom. The van der Waals surface area contributed by atoms with Crippen LogP contribution in [0.25, 0.3) is 0 Å². The maximum absolute atomic E-state index is 12.5. The number of carbonyl (C=O) groups excluding carboxylic acids is 1. The number of alkyl halides is 3. The highest BCUT2D eigenvalue weighted by atomic mass is 127.